The number of likely N-dealkylation sites (tertiary alicyclic amines) is 1. The van der Waals surface area contributed by atoms with Crippen LogP contribution in [-0.4, -0.2) is 56.0 Å². The molecule has 0 amide bonds. The monoisotopic (exact) mass is 336 g/mol. The minimum atomic E-state index is -0.573. The van der Waals surface area contributed by atoms with Gasteiger partial charge >= 0.3 is 0 Å². The number of nitrogens with one attached hydrogen (secondary N) is 1. The van der Waals surface area contributed by atoms with Crippen LogP contribution in [0.15, 0.2) is 18.2 Å². The standard InChI is InChI=1S/C19H32N2O3/c1-14-13-21(3)15(2)11-19(14,22)8-9-20-12-16-6-7-17(23-4)18(10-16)24-5/h6-7,10,14-15,20,22H,8-9,11-13H2,1-5H3. The van der Waals surface area contributed by atoms with Gasteiger partial charge in [0.15, 0.2) is 11.5 Å². The Labute approximate surface area is 146 Å². The number of rotatable bonds is 7. The smallest absolute Gasteiger partial charge is 0.161 e. The van der Waals surface area contributed by atoms with Crippen molar-refractivity contribution in [2.75, 3.05) is 34.4 Å². The highest BCUT2D eigenvalue weighted by molar-refractivity contribution is 5.42. The lowest BCUT2D eigenvalue weighted by molar-refractivity contribution is -0.0831. The maximum Gasteiger partial charge on any atom is 0.161 e. The molecular weight excluding hydrogens is 304 g/mol. The van der Waals surface area contributed by atoms with Crippen molar-refractivity contribution in [2.45, 2.75) is 44.9 Å². The van der Waals surface area contributed by atoms with Crippen LogP contribution in [0.5, 0.6) is 11.5 Å². The van der Waals surface area contributed by atoms with Crippen molar-refractivity contribution in [1.82, 2.24) is 10.2 Å². The van der Waals surface area contributed by atoms with Gasteiger partial charge in [-0.25, -0.2) is 0 Å². The summed E-state index contributed by atoms with van der Waals surface area (Å²) in [5.41, 5.74) is 0.570. The number of hydrogen-bond acceptors (Lipinski definition) is 5. The molecule has 2 N–H and O–H groups in total. The quantitative estimate of drug-likeness (QED) is 0.748. The first-order valence-corrected chi connectivity index (χ1v) is 8.74. The first kappa shape index (κ1) is 19.0. The Morgan fingerprint density at radius 1 is 1.25 bits per heavy atom. The Kier molecular flexibility index (Phi) is 6.49. The fraction of sp³-hybridized carbons (Fsp3) is 0.684. The Balaban J connectivity index is 1.84. The van der Waals surface area contributed by atoms with Crippen LogP contribution in [0.3, 0.4) is 0 Å². The minimum Gasteiger partial charge on any atom is -0.493 e. The van der Waals surface area contributed by atoms with E-state index in [1.165, 1.54) is 0 Å². The number of ether oxygens (including phenoxy) is 2. The predicted octanol–water partition coefficient (Wildman–Crippen LogP) is 2.27. The van der Waals surface area contributed by atoms with Crippen molar-refractivity contribution in [3.63, 3.8) is 0 Å². The van der Waals surface area contributed by atoms with Gasteiger partial charge in [-0.2, -0.15) is 0 Å². The molecule has 1 heterocycles. The van der Waals surface area contributed by atoms with Crippen LogP contribution in [0.25, 0.3) is 0 Å². The first-order chi connectivity index (χ1) is 11.4. The Hall–Kier alpha value is -1.30. The fourth-order valence-electron chi connectivity index (χ4n) is 3.53. The van der Waals surface area contributed by atoms with Gasteiger partial charge in [0.2, 0.25) is 0 Å². The third-order valence-corrected chi connectivity index (χ3v) is 5.39. The van der Waals surface area contributed by atoms with Gasteiger partial charge in [-0.1, -0.05) is 13.0 Å². The molecule has 5 heteroatoms. The first-order valence-electron chi connectivity index (χ1n) is 8.74. The number of nitrogens with zero attached hydrogens (tertiary/aromatic N) is 1. The summed E-state index contributed by atoms with van der Waals surface area (Å²) in [4.78, 5) is 2.33. The Bertz CT molecular complexity index is 537. The topological polar surface area (TPSA) is 54.0 Å². The molecule has 0 radical (unpaired) electrons. The summed E-state index contributed by atoms with van der Waals surface area (Å²) in [5.74, 6) is 1.78. The van der Waals surface area contributed by atoms with E-state index in [1.54, 1.807) is 14.2 Å². The SMILES string of the molecule is COc1ccc(CNCCC2(O)CC(C)N(C)CC2C)cc1OC. The van der Waals surface area contributed by atoms with Gasteiger partial charge in [-0.05, 0) is 57.0 Å². The third kappa shape index (κ3) is 4.41. The molecule has 0 aliphatic carbocycles. The highest BCUT2D eigenvalue weighted by Gasteiger charge is 2.40. The summed E-state index contributed by atoms with van der Waals surface area (Å²) in [6.45, 7) is 6.84. The van der Waals surface area contributed by atoms with Gasteiger partial charge in [0.25, 0.3) is 0 Å². The fourth-order valence-corrected chi connectivity index (χ4v) is 3.53. The van der Waals surface area contributed by atoms with E-state index in [-0.39, 0.29) is 0 Å². The Morgan fingerprint density at radius 2 is 1.96 bits per heavy atom. The zero-order valence-electron chi connectivity index (χ0n) is 15.6. The van der Waals surface area contributed by atoms with Crippen LogP contribution in [0, 0.1) is 5.92 Å². The highest BCUT2D eigenvalue weighted by Crippen LogP contribution is 2.33. The lowest BCUT2D eigenvalue weighted by Crippen LogP contribution is -2.54. The van der Waals surface area contributed by atoms with Crippen LogP contribution in [0.2, 0.25) is 0 Å². The summed E-state index contributed by atoms with van der Waals surface area (Å²) < 4.78 is 10.6. The van der Waals surface area contributed by atoms with Crippen LogP contribution >= 0.6 is 0 Å². The van der Waals surface area contributed by atoms with Crippen molar-refractivity contribution in [3.8, 4) is 11.5 Å². The van der Waals surface area contributed by atoms with Crippen LogP contribution in [-0.2, 0) is 6.54 Å². The largest absolute Gasteiger partial charge is 0.493 e. The van der Waals surface area contributed by atoms with E-state index in [0.29, 0.717) is 12.0 Å². The second-order valence-electron chi connectivity index (χ2n) is 7.11. The zero-order chi connectivity index (χ0) is 17.7. The van der Waals surface area contributed by atoms with Gasteiger partial charge in [0.05, 0.1) is 19.8 Å². The average Bonchev–Trinajstić information content (AvgIpc) is 2.57. The molecule has 3 unspecified atom stereocenters. The normalized spacial score (nSPS) is 27.9. The van der Waals surface area contributed by atoms with E-state index in [1.807, 2.05) is 18.2 Å². The molecule has 1 aliphatic rings. The molecule has 1 aromatic carbocycles. The number of piperidine rings is 1. The van der Waals surface area contributed by atoms with E-state index >= 15 is 0 Å². The van der Waals surface area contributed by atoms with Crippen molar-refractivity contribution >= 4 is 0 Å². The molecule has 0 saturated carbocycles. The molecule has 3 atom stereocenters. The molecular formula is C19H32N2O3. The molecule has 1 aromatic rings. The van der Waals surface area contributed by atoms with E-state index in [0.717, 1.165) is 49.5 Å². The Morgan fingerprint density at radius 3 is 2.62 bits per heavy atom. The third-order valence-electron chi connectivity index (χ3n) is 5.39. The highest BCUT2D eigenvalue weighted by atomic mass is 16.5. The summed E-state index contributed by atoms with van der Waals surface area (Å²) in [6, 6.07) is 6.37. The molecule has 0 spiro atoms. The second kappa shape index (κ2) is 8.19. The van der Waals surface area contributed by atoms with Crippen molar-refractivity contribution in [1.29, 1.82) is 0 Å². The minimum absolute atomic E-state index is 0.293. The zero-order valence-corrected chi connectivity index (χ0v) is 15.6. The number of methoxy groups -OCH3 is 2. The molecule has 0 bridgehead atoms. The molecule has 1 aliphatic heterocycles. The van der Waals surface area contributed by atoms with Crippen LogP contribution in [0.1, 0.15) is 32.3 Å². The molecule has 136 valence electrons. The number of aliphatic hydroxyl groups is 1. The second-order valence-corrected chi connectivity index (χ2v) is 7.11. The van der Waals surface area contributed by atoms with Gasteiger partial charge in [0.1, 0.15) is 0 Å². The van der Waals surface area contributed by atoms with Crippen molar-refractivity contribution in [2.24, 2.45) is 5.92 Å². The molecule has 1 fully saturated rings. The summed E-state index contributed by atoms with van der Waals surface area (Å²) in [5, 5.41) is 14.4. The van der Waals surface area contributed by atoms with Gasteiger partial charge < -0.3 is 24.8 Å². The van der Waals surface area contributed by atoms with Crippen LogP contribution in [0.4, 0.5) is 0 Å². The van der Waals surface area contributed by atoms with Gasteiger partial charge in [-0.3, -0.25) is 0 Å². The molecule has 24 heavy (non-hydrogen) atoms. The van der Waals surface area contributed by atoms with Gasteiger partial charge in [-0.15, -0.1) is 0 Å². The predicted molar refractivity (Wildman–Crippen MR) is 96.7 cm³/mol. The molecule has 0 aromatic heterocycles. The molecule has 2 rings (SSSR count). The van der Waals surface area contributed by atoms with E-state index in [2.05, 4.69) is 31.1 Å². The number of benzene rings is 1. The van der Waals surface area contributed by atoms with Crippen molar-refractivity contribution in [3.05, 3.63) is 23.8 Å². The average molecular weight is 336 g/mol. The van der Waals surface area contributed by atoms with Crippen molar-refractivity contribution < 1.29 is 14.6 Å². The molecule has 1 saturated heterocycles. The summed E-state index contributed by atoms with van der Waals surface area (Å²) in [6.07, 6.45) is 1.61. The van der Waals surface area contributed by atoms with E-state index < -0.39 is 5.60 Å². The van der Waals surface area contributed by atoms with E-state index in [9.17, 15) is 5.11 Å². The summed E-state index contributed by atoms with van der Waals surface area (Å²) >= 11 is 0. The molecule has 5 nitrogen and oxygen atoms in total. The lowest BCUT2D eigenvalue weighted by atomic mass is 9.77. The van der Waals surface area contributed by atoms with E-state index in [4.69, 9.17) is 9.47 Å². The van der Waals surface area contributed by atoms with Crippen LogP contribution < -0.4 is 14.8 Å². The lowest BCUT2D eigenvalue weighted by Gasteiger charge is -2.46. The maximum atomic E-state index is 11.0. The van der Waals surface area contributed by atoms with Gasteiger partial charge in [0, 0.05) is 19.1 Å². The summed E-state index contributed by atoms with van der Waals surface area (Å²) in [7, 11) is 5.42. The number of hydrogen-bond donors (Lipinski definition) is 2. The maximum absolute atomic E-state index is 11.0.